The summed E-state index contributed by atoms with van der Waals surface area (Å²) in [6, 6.07) is 13.8. The number of aryl methyl sites for hydroxylation is 1. The van der Waals surface area contributed by atoms with E-state index in [1.807, 2.05) is 36.4 Å². The summed E-state index contributed by atoms with van der Waals surface area (Å²) in [6.45, 7) is 0. The molecule has 1 fully saturated rings. The molecule has 1 aliphatic rings. The second-order valence-electron chi connectivity index (χ2n) is 7.84. The number of hydrogen-bond acceptors (Lipinski definition) is 7. The largest absolute Gasteiger partial charge is 0.419 e. The lowest BCUT2D eigenvalue weighted by molar-refractivity contribution is -0.123. The fourth-order valence-corrected chi connectivity index (χ4v) is 4.89. The molecule has 0 saturated carbocycles. The van der Waals surface area contributed by atoms with Crippen LogP contribution in [0, 0.1) is 11.3 Å². The van der Waals surface area contributed by atoms with E-state index in [1.165, 1.54) is 4.57 Å². The van der Waals surface area contributed by atoms with Crippen LogP contribution >= 0.6 is 0 Å². The van der Waals surface area contributed by atoms with Crippen molar-refractivity contribution in [3.05, 3.63) is 58.6 Å². The van der Waals surface area contributed by atoms with Gasteiger partial charge in [-0.15, -0.1) is 0 Å². The Morgan fingerprint density at radius 2 is 2.00 bits per heavy atom. The Balaban J connectivity index is 1.42. The Morgan fingerprint density at radius 1 is 1.28 bits per heavy atom. The fourth-order valence-electron chi connectivity index (χ4n) is 3.70. The number of nitrogens with one attached hydrogen (secondary N) is 2. The molecule has 2 aromatic carbocycles. The molecule has 2 N–H and O–H groups in total. The first kappa shape index (κ1) is 21.8. The second kappa shape index (κ2) is 8.61. The van der Waals surface area contributed by atoms with Gasteiger partial charge in [0.15, 0.2) is 15.4 Å². The molecule has 3 aromatic rings. The van der Waals surface area contributed by atoms with E-state index in [0.717, 1.165) is 16.7 Å². The number of carbonyl (C=O) groups excluding carboxylic acids is 1. The van der Waals surface area contributed by atoms with Crippen molar-refractivity contribution in [2.75, 3.05) is 11.6 Å². The predicted molar refractivity (Wildman–Crippen MR) is 118 cm³/mol. The van der Waals surface area contributed by atoms with Gasteiger partial charge in [-0.05, 0) is 35.2 Å². The first-order valence-electron chi connectivity index (χ1n) is 10.1. The van der Waals surface area contributed by atoms with Crippen LogP contribution in [0.15, 0.2) is 51.7 Å². The summed E-state index contributed by atoms with van der Waals surface area (Å²) in [5, 5.41) is 14.9. The molecule has 4 rings (SSSR count). The molecule has 0 aliphatic carbocycles. The van der Waals surface area contributed by atoms with Crippen LogP contribution in [-0.2, 0) is 28.1 Å². The van der Waals surface area contributed by atoms with Gasteiger partial charge in [0.05, 0.1) is 29.3 Å². The molecule has 10 heteroatoms. The summed E-state index contributed by atoms with van der Waals surface area (Å²) in [5.74, 6) is -1.07. The van der Waals surface area contributed by atoms with E-state index in [-0.39, 0.29) is 24.0 Å². The van der Waals surface area contributed by atoms with Crippen LogP contribution < -0.4 is 16.4 Å². The van der Waals surface area contributed by atoms with Crippen molar-refractivity contribution >= 4 is 26.8 Å². The molecule has 0 bridgehead atoms. The standard InChI is InChI=1S/C22H22N4O5S/c1-26-19-11-16(6-7-20(19)31-22(26)28)15-4-2-14(3-5-15)10-17(12-23)25-21(27)18-8-9-32(29,30)13-24-18/h2-7,11,17-18,24H,8-10,13H2,1H3,(H,25,27). The highest BCUT2D eigenvalue weighted by molar-refractivity contribution is 7.91. The number of nitrogens with zero attached hydrogens (tertiary/aromatic N) is 2. The van der Waals surface area contributed by atoms with Gasteiger partial charge < -0.3 is 9.73 Å². The second-order valence-corrected chi connectivity index (χ2v) is 10.0. The Labute approximate surface area is 184 Å². The van der Waals surface area contributed by atoms with E-state index in [9.17, 15) is 23.3 Å². The summed E-state index contributed by atoms with van der Waals surface area (Å²) in [6.07, 6.45) is 0.510. The monoisotopic (exact) mass is 454 g/mol. The van der Waals surface area contributed by atoms with Gasteiger partial charge in [0.1, 0.15) is 6.04 Å². The molecule has 32 heavy (non-hydrogen) atoms. The van der Waals surface area contributed by atoms with Gasteiger partial charge in [-0.25, -0.2) is 13.2 Å². The van der Waals surface area contributed by atoms with Crippen molar-refractivity contribution in [2.45, 2.75) is 24.9 Å². The minimum absolute atomic E-state index is 0.0461. The van der Waals surface area contributed by atoms with Gasteiger partial charge in [-0.2, -0.15) is 5.26 Å². The lowest BCUT2D eigenvalue weighted by atomic mass is 10.0. The third-order valence-electron chi connectivity index (χ3n) is 5.57. The van der Waals surface area contributed by atoms with Crippen LogP contribution in [0.2, 0.25) is 0 Å². The van der Waals surface area contributed by atoms with Crippen molar-refractivity contribution in [3.63, 3.8) is 0 Å². The number of nitriles is 1. The van der Waals surface area contributed by atoms with E-state index < -0.39 is 27.7 Å². The fraction of sp³-hybridized carbons (Fsp3) is 0.318. The summed E-state index contributed by atoms with van der Waals surface area (Å²) in [7, 11) is -1.50. The number of amides is 1. The zero-order valence-corrected chi connectivity index (χ0v) is 18.2. The molecule has 0 radical (unpaired) electrons. The van der Waals surface area contributed by atoms with Crippen molar-refractivity contribution in [2.24, 2.45) is 7.05 Å². The number of carbonyl (C=O) groups is 1. The first-order chi connectivity index (χ1) is 15.3. The van der Waals surface area contributed by atoms with Crippen molar-refractivity contribution in [1.82, 2.24) is 15.2 Å². The Morgan fingerprint density at radius 3 is 2.66 bits per heavy atom. The minimum Gasteiger partial charge on any atom is -0.408 e. The number of aromatic nitrogens is 1. The lowest BCUT2D eigenvalue weighted by Crippen LogP contribution is -2.52. The van der Waals surface area contributed by atoms with E-state index in [1.54, 1.807) is 13.1 Å². The van der Waals surface area contributed by atoms with Crippen LogP contribution in [0.5, 0.6) is 0 Å². The molecule has 1 saturated heterocycles. The summed E-state index contributed by atoms with van der Waals surface area (Å²) in [5.41, 5.74) is 3.96. The molecule has 1 aromatic heterocycles. The summed E-state index contributed by atoms with van der Waals surface area (Å²) < 4.78 is 29.6. The van der Waals surface area contributed by atoms with Gasteiger partial charge >= 0.3 is 5.76 Å². The molecule has 2 heterocycles. The van der Waals surface area contributed by atoms with E-state index in [0.29, 0.717) is 17.5 Å². The van der Waals surface area contributed by atoms with E-state index in [4.69, 9.17) is 4.42 Å². The minimum atomic E-state index is -3.15. The third kappa shape index (κ3) is 4.59. The zero-order chi connectivity index (χ0) is 22.9. The predicted octanol–water partition coefficient (Wildman–Crippen LogP) is 1.08. The number of benzene rings is 2. The Kier molecular flexibility index (Phi) is 5.86. The molecule has 2 atom stereocenters. The maximum atomic E-state index is 12.4. The maximum absolute atomic E-state index is 12.4. The number of oxazole rings is 1. The molecule has 0 spiro atoms. The highest BCUT2D eigenvalue weighted by Gasteiger charge is 2.29. The van der Waals surface area contributed by atoms with E-state index in [2.05, 4.69) is 16.7 Å². The van der Waals surface area contributed by atoms with Crippen LogP contribution in [0.3, 0.4) is 0 Å². The smallest absolute Gasteiger partial charge is 0.408 e. The molecular formula is C22H22N4O5S. The molecule has 1 amide bonds. The molecule has 1 aliphatic heterocycles. The van der Waals surface area contributed by atoms with Gasteiger partial charge in [0, 0.05) is 13.5 Å². The maximum Gasteiger partial charge on any atom is 0.419 e. The topological polar surface area (TPSA) is 134 Å². The molecule has 9 nitrogen and oxygen atoms in total. The normalized spacial score (nSPS) is 18.7. The summed E-state index contributed by atoms with van der Waals surface area (Å²) >= 11 is 0. The van der Waals surface area contributed by atoms with Crippen LogP contribution in [0.25, 0.3) is 22.2 Å². The van der Waals surface area contributed by atoms with Gasteiger partial charge in [-0.1, -0.05) is 30.3 Å². The zero-order valence-electron chi connectivity index (χ0n) is 17.4. The number of rotatable bonds is 5. The van der Waals surface area contributed by atoms with Gasteiger partial charge in [0.25, 0.3) is 0 Å². The van der Waals surface area contributed by atoms with E-state index >= 15 is 0 Å². The SMILES string of the molecule is Cn1c(=O)oc2ccc(-c3ccc(CC(C#N)NC(=O)C4CCS(=O)(=O)CN4)cc3)cc21. The summed E-state index contributed by atoms with van der Waals surface area (Å²) in [4.78, 5) is 24.1. The lowest BCUT2D eigenvalue weighted by Gasteiger charge is -2.24. The highest BCUT2D eigenvalue weighted by Crippen LogP contribution is 2.24. The van der Waals surface area contributed by atoms with Crippen LogP contribution in [0.1, 0.15) is 12.0 Å². The van der Waals surface area contributed by atoms with Crippen molar-refractivity contribution in [3.8, 4) is 17.2 Å². The first-order valence-corrected chi connectivity index (χ1v) is 11.9. The molecule has 2 unspecified atom stereocenters. The quantitative estimate of drug-likeness (QED) is 0.589. The Bertz CT molecular complexity index is 1350. The third-order valence-corrected chi connectivity index (χ3v) is 7.04. The van der Waals surface area contributed by atoms with Gasteiger partial charge in [0.2, 0.25) is 5.91 Å². The number of fused-ring (bicyclic) bond motifs is 1. The highest BCUT2D eigenvalue weighted by atomic mass is 32.2. The van der Waals surface area contributed by atoms with Crippen LogP contribution in [-0.4, -0.2) is 42.6 Å². The van der Waals surface area contributed by atoms with Crippen molar-refractivity contribution < 1.29 is 17.6 Å². The number of sulfone groups is 1. The van der Waals surface area contributed by atoms with Crippen molar-refractivity contribution in [1.29, 1.82) is 5.26 Å². The Hall–Kier alpha value is -3.42. The number of hydrogen-bond donors (Lipinski definition) is 2. The average molecular weight is 455 g/mol. The average Bonchev–Trinajstić information content (AvgIpc) is 3.06. The molecule has 166 valence electrons. The molecular weight excluding hydrogens is 432 g/mol. The van der Waals surface area contributed by atoms with Gasteiger partial charge in [-0.3, -0.25) is 14.7 Å². The van der Waals surface area contributed by atoms with Crippen LogP contribution in [0.4, 0.5) is 0 Å².